The molecule has 212 valence electrons. The smallest absolute Gasteiger partial charge is 0.444 e. The van der Waals surface area contributed by atoms with Gasteiger partial charge in [0.2, 0.25) is 0 Å². The Labute approximate surface area is 227 Å². The number of aromatic nitrogens is 6. The topological polar surface area (TPSA) is 118 Å². The molecule has 0 saturated carbocycles. The summed E-state index contributed by atoms with van der Waals surface area (Å²) < 4.78 is 54.5. The van der Waals surface area contributed by atoms with E-state index >= 15 is 0 Å². The SMILES string of the molecule is CC(C)(C)OC(=O)NCc1nn(-c2ccc(OC(F)(F)F)cc2)c2nccc(-c3cnn(C4CCCCO4)n3)c12. The Balaban J connectivity index is 1.54. The monoisotopic (exact) mass is 559 g/mol. The molecule has 1 aromatic carbocycles. The van der Waals surface area contributed by atoms with Crippen LogP contribution in [-0.4, -0.2) is 54.4 Å². The van der Waals surface area contributed by atoms with Crippen molar-refractivity contribution >= 4 is 17.1 Å². The Morgan fingerprint density at radius 3 is 2.58 bits per heavy atom. The molecule has 3 aromatic heterocycles. The van der Waals surface area contributed by atoms with Crippen LogP contribution in [0.15, 0.2) is 42.7 Å². The standard InChI is InChI=1S/C26H28F3N7O4/c1-25(2,3)40-24(37)31-14-20-22-18(19-15-32-36(34-19)21-6-4-5-13-38-21)11-12-30-23(22)35(33-20)16-7-9-17(10-8-16)39-26(27,28)29/h7-12,15,21H,4-6,13-14H2,1-3H3,(H,31,37). The molecule has 4 heterocycles. The number of hydrogen-bond donors (Lipinski definition) is 1. The Morgan fingerprint density at radius 1 is 1.12 bits per heavy atom. The normalized spacial score (nSPS) is 16.2. The molecule has 0 radical (unpaired) electrons. The summed E-state index contributed by atoms with van der Waals surface area (Å²) in [5.74, 6) is -0.366. The molecule has 0 bridgehead atoms. The number of carbonyl (C=O) groups excluding carboxylic acids is 1. The lowest BCUT2D eigenvalue weighted by Gasteiger charge is -2.21. The van der Waals surface area contributed by atoms with Gasteiger partial charge in [-0.2, -0.15) is 20.1 Å². The molecular formula is C26H28F3N7O4. The summed E-state index contributed by atoms with van der Waals surface area (Å²) in [7, 11) is 0. The van der Waals surface area contributed by atoms with Gasteiger partial charge in [0.25, 0.3) is 0 Å². The number of benzene rings is 1. The second kappa shape index (κ2) is 10.8. The number of pyridine rings is 1. The highest BCUT2D eigenvalue weighted by Gasteiger charge is 2.31. The Bertz CT molecular complexity index is 1490. The molecule has 1 saturated heterocycles. The zero-order valence-electron chi connectivity index (χ0n) is 22.1. The first-order valence-corrected chi connectivity index (χ1v) is 12.7. The lowest BCUT2D eigenvalue weighted by atomic mass is 10.1. The number of fused-ring (bicyclic) bond motifs is 1. The van der Waals surface area contributed by atoms with Gasteiger partial charge >= 0.3 is 12.5 Å². The number of ether oxygens (including phenoxy) is 3. The first-order chi connectivity index (χ1) is 19.0. The molecule has 40 heavy (non-hydrogen) atoms. The van der Waals surface area contributed by atoms with Gasteiger partial charge in [0.1, 0.15) is 17.0 Å². The summed E-state index contributed by atoms with van der Waals surface area (Å²) in [5.41, 5.74) is 1.81. The van der Waals surface area contributed by atoms with Gasteiger partial charge < -0.3 is 19.5 Å². The van der Waals surface area contributed by atoms with E-state index in [4.69, 9.17) is 9.47 Å². The van der Waals surface area contributed by atoms with Crippen molar-refractivity contribution in [2.75, 3.05) is 6.61 Å². The van der Waals surface area contributed by atoms with E-state index in [2.05, 4.69) is 30.3 Å². The van der Waals surface area contributed by atoms with Crippen LogP contribution in [0.5, 0.6) is 5.75 Å². The summed E-state index contributed by atoms with van der Waals surface area (Å²) >= 11 is 0. The molecule has 5 rings (SSSR count). The second-order valence-corrected chi connectivity index (χ2v) is 10.2. The molecule has 1 atom stereocenters. The van der Waals surface area contributed by atoms with Crippen LogP contribution in [-0.2, 0) is 16.0 Å². The minimum Gasteiger partial charge on any atom is -0.444 e. The van der Waals surface area contributed by atoms with Crippen molar-refractivity contribution in [2.24, 2.45) is 0 Å². The molecule has 1 aliphatic heterocycles. The molecule has 0 spiro atoms. The molecule has 4 aromatic rings. The van der Waals surface area contributed by atoms with Gasteiger partial charge in [0, 0.05) is 18.4 Å². The van der Waals surface area contributed by atoms with Crippen molar-refractivity contribution in [3.63, 3.8) is 0 Å². The second-order valence-electron chi connectivity index (χ2n) is 10.2. The van der Waals surface area contributed by atoms with Crippen LogP contribution in [0.2, 0.25) is 0 Å². The molecular weight excluding hydrogens is 531 g/mol. The Hall–Kier alpha value is -4.20. The highest BCUT2D eigenvalue weighted by atomic mass is 19.4. The molecule has 1 aliphatic rings. The third kappa shape index (κ3) is 6.33. The quantitative estimate of drug-likeness (QED) is 0.338. The van der Waals surface area contributed by atoms with E-state index in [1.807, 2.05) is 0 Å². The van der Waals surface area contributed by atoms with E-state index in [0.717, 1.165) is 19.3 Å². The van der Waals surface area contributed by atoms with Gasteiger partial charge in [-0.25, -0.2) is 14.5 Å². The van der Waals surface area contributed by atoms with Crippen LogP contribution in [0, 0.1) is 0 Å². The Kier molecular flexibility index (Phi) is 7.36. The molecule has 0 aliphatic carbocycles. The van der Waals surface area contributed by atoms with E-state index in [9.17, 15) is 18.0 Å². The summed E-state index contributed by atoms with van der Waals surface area (Å²) in [6.07, 6.45) is 0.320. The average molecular weight is 560 g/mol. The van der Waals surface area contributed by atoms with Crippen molar-refractivity contribution in [1.82, 2.24) is 35.1 Å². The van der Waals surface area contributed by atoms with Gasteiger partial charge in [0.05, 0.1) is 29.5 Å². The van der Waals surface area contributed by atoms with Crippen LogP contribution in [0.1, 0.15) is 52.0 Å². The van der Waals surface area contributed by atoms with Crippen molar-refractivity contribution < 1.29 is 32.2 Å². The third-order valence-corrected chi connectivity index (χ3v) is 5.95. The van der Waals surface area contributed by atoms with Crippen LogP contribution in [0.3, 0.4) is 0 Å². The summed E-state index contributed by atoms with van der Waals surface area (Å²) in [6, 6.07) is 7.01. The molecule has 1 fully saturated rings. The van der Waals surface area contributed by atoms with Gasteiger partial charge in [-0.1, -0.05) is 0 Å². The molecule has 14 heteroatoms. The summed E-state index contributed by atoms with van der Waals surface area (Å²) in [6.45, 7) is 5.89. The number of amides is 1. The minimum absolute atomic E-state index is 0.00769. The van der Waals surface area contributed by atoms with E-state index in [1.54, 1.807) is 44.0 Å². The molecule has 11 nitrogen and oxygen atoms in total. The zero-order chi connectivity index (χ0) is 28.5. The maximum absolute atomic E-state index is 12.6. The maximum atomic E-state index is 12.6. The van der Waals surface area contributed by atoms with Gasteiger partial charge in [0.15, 0.2) is 11.9 Å². The zero-order valence-corrected chi connectivity index (χ0v) is 22.1. The lowest BCUT2D eigenvalue weighted by molar-refractivity contribution is -0.274. The van der Waals surface area contributed by atoms with Crippen LogP contribution >= 0.6 is 0 Å². The van der Waals surface area contributed by atoms with Crippen LogP contribution in [0.25, 0.3) is 28.0 Å². The lowest BCUT2D eigenvalue weighted by Crippen LogP contribution is -2.32. The number of nitrogens with one attached hydrogen (secondary N) is 1. The van der Waals surface area contributed by atoms with Crippen molar-refractivity contribution in [3.8, 4) is 22.7 Å². The predicted molar refractivity (Wildman–Crippen MR) is 136 cm³/mol. The molecule has 1 amide bonds. The predicted octanol–water partition coefficient (Wildman–Crippen LogP) is 5.30. The summed E-state index contributed by atoms with van der Waals surface area (Å²) in [5, 5.41) is 17.0. The van der Waals surface area contributed by atoms with Gasteiger partial charge in [-0.15, -0.1) is 13.2 Å². The van der Waals surface area contributed by atoms with Gasteiger partial charge in [-0.05, 0) is 70.4 Å². The van der Waals surface area contributed by atoms with Crippen molar-refractivity contribution in [1.29, 1.82) is 0 Å². The van der Waals surface area contributed by atoms with E-state index in [0.29, 0.717) is 40.3 Å². The maximum Gasteiger partial charge on any atom is 0.573 e. The fraction of sp³-hybridized carbons (Fsp3) is 0.423. The average Bonchev–Trinajstić information content (AvgIpc) is 3.52. The minimum atomic E-state index is -4.81. The fourth-order valence-electron chi connectivity index (χ4n) is 4.33. The largest absolute Gasteiger partial charge is 0.573 e. The van der Waals surface area contributed by atoms with Gasteiger partial charge in [-0.3, -0.25) is 0 Å². The highest BCUT2D eigenvalue weighted by Crippen LogP contribution is 2.32. The fourth-order valence-corrected chi connectivity index (χ4v) is 4.33. The van der Waals surface area contributed by atoms with Crippen molar-refractivity contribution in [3.05, 3.63) is 48.4 Å². The van der Waals surface area contributed by atoms with Crippen LogP contribution in [0.4, 0.5) is 18.0 Å². The number of hydrogen-bond acceptors (Lipinski definition) is 8. The van der Waals surface area contributed by atoms with Crippen molar-refractivity contribution in [2.45, 2.75) is 64.8 Å². The third-order valence-electron chi connectivity index (χ3n) is 5.95. The van der Waals surface area contributed by atoms with E-state index in [-0.39, 0.29) is 18.5 Å². The number of carbonyl (C=O) groups is 1. The Morgan fingerprint density at radius 2 is 1.90 bits per heavy atom. The molecule has 1 N–H and O–H groups in total. The van der Waals surface area contributed by atoms with E-state index in [1.165, 1.54) is 28.9 Å². The first-order valence-electron chi connectivity index (χ1n) is 12.7. The number of alkyl carbamates (subject to hydrolysis) is 1. The van der Waals surface area contributed by atoms with E-state index < -0.39 is 18.1 Å². The molecule has 1 unspecified atom stereocenters. The first kappa shape index (κ1) is 27.4. The number of nitrogens with zero attached hydrogens (tertiary/aromatic N) is 6. The van der Waals surface area contributed by atoms with Crippen LogP contribution < -0.4 is 10.1 Å². The highest BCUT2D eigenvalue weighted by molar-refractivity contribution is 5.94. The number of alkyl halides is 3. The summed E-state index contributed by atoms with van der Waals surface area (Å²) in [4.78, 5) is 18.4. The number of rotatable bonds is 6. The number of halogens is 3.